The van der Waals surface area contributed by atoms with Gasteiger partial charge in [0.15, 0.2) is 5.82 Å². The molecule has 0 atom stereocenters. The first kappa shape index (κ1) is 14.0. The van der Waals surface area contributed by atoms with E-state index in [1.54, 1.807) is 0 Å². The fourth-order valence-corrected chi connectivity index (χ4v) is 2.13. The Morgan fingerprint density at radius 3 is 2.89 bits per heavy atom. The lowest BCUT2D eigenvalue weighted by atomic mass is 10.2. The molecule has 0 aliphatic heterocycles. The highest BCUT2D eigenvalue weighted by atomic mass is 35.5. The normalized spacial score (nSPS) is 11.2. The molecule has 0 N–H and O–H groups in total. The Bertz CT molecular complexity index is 527. The lowest BCUT2D eigenvalue weighted by Gasteiger charge is -2.14. The van der Waals surface area contributed by atoms with Crippen molar-refractivity contribution in [2.75, 3.05) is 7.05 Å². The second-order valence-corrected chi connectivity index (χ2v) is 5.09. The van der Waals surface area contributed by atoms with E-state index in [9.17, 15) is 0 Å². The number of aryl methyl sites for hydroxylation is 1. The van der Waals surface area contributed by atoms with Crippen molar-refractivity contribution in [3.63, 3.8) is 0 Å². The molecule has 0 amide bonds. The predicted molar refractivity (Wildman–Crippen MR) is 74.9 cm³/mol. The van der Waals surface area contributed by atoms with Crippen LogP contribution in [0.1, 0.15) is 30.6 Å². The van der Waals surface area contributed by atoms with Crippen molar-refractivity contribution in [2.45, 2.75) is 32.9 Å². The Morgan fingerprint density at radius 2 is 2.16 bits per heavy atom. The molecule has 1 aromatic heterocycles. The molecule has 0 fully saturated rings. The zero-order chi connectivity index (χ0) is 13.7. The molecule has 2 aromatic rings. The summed E-state index contributed by atoms with van der Waals surface area (Å²) in [5.41, 5.74) is 1.17. The van der Waals surface area contributed by atoms with E-state index >= 15 is 0 Å². The van der Waals surface area contributed by atoms with Crippen molar-refractivity contribution in [3.8, 4) is 0 Å². The highest BCUT2D eigenvalue weighted by Gasteiger charge is 2.09. The molecule has 0 radical (unpaired) electrons. The van der Waals surface area contributed by atoms with Crippen LogP contribution in [0.2, 0.25) is 5.02 Å². The maximum atomic E-state index is 5.97. The molecule has 0 saturated carbocycles. The molecule has 0 unspecified atom stereocenters. The fraction of sp³-hybridized carbons (Fsp3) is 0.429. The van der Waals surface area contributed by atoms with Gasteiger partial charge in [-0.15, -0.1) is 0 Å². The first-order valence-electron chi connectivity index (χ1n) is 6.42. The number of halogens is 1. The summed E-state index contributed by atoms with van der Waals surface area (Å²) in [7, 11) is 2.02. The van der Waals surface area contributed by atoms with Gasteiger partial charge in [0.1, 0.15) is 0 Å². The third-order valence-electron chi connectivity index (χ3n) is 2.73. The largest absolute Gasteiger partial charge is 0.338 e. The Labute approximate surface area is 118 Å². The summed E-state index contributed by atoms with van der Waals surface area (Å²) in [6, 6.07) is 7.85. The van der Waals surface area contributed by atoms with E-state index in [2.05, 4.69) is 28.0 Å². The molecule has 2 rings (SSSR count). The minimum absolute atomic E-state index is 0.642. The molecule has 0 aliphatic carbocycles. The summed E-state index contributed by atoms with van der Waals surface area (Å²) in [5, 5.41) is 4.70. The van der Waals surface area contributed by atoms with Crippen LogP contribution in [0.25, 0.3) is 0 Å². The van der Waals surface area contributed by atoms with Gasteiger partial charge in [-0.1, -0.05) is 35.8 Å². The van der Waals surface area contributed by atoms with Crippen LogP contribution in [-0.2, 0) is 19.5 Å². The summed E-state index contributed by atoms with van der Waals surface area (Å²) >= 11 is 5.97. The van der Waals surface area contributed by atoms with Crippen molar-refractivity contribution < 1.29 is 4.52 Å². The molecule has 4 nitrogen and oxygen atoms in total. The molecule has 0 saturated heterocycles. The first-order chi connectivity index (χ1) is 9.17. The quantitative estimate of drug-likeness (QED) is 0.814. The van der Waals surface area contributed by atoms with Crippen molar-refractivity contribution in [1.82, 2.24) is 15.0 Å². The first-order valence-corrected chi connectivity index (χ1v) is 6.79. The zero-order valence-corrected chi connectivity index (χ0v) is 12.0. The van der Waals surface area contributed by atoms with Crippen molar-refractivity contribution >= 4 is 11.6 Å². The van der Waals surface area contributed by atoms with Crippen molar-refractivity contribution in [3.05, 3.63) is 46.6 Å². The standard InChI is InChI=1S/C14H18ClN3O/c1-3-5-13-16-14(19-17-13)10-18(2)9-11-6-4-7-12(15)8-11/h4,6-8H,3,5,9-10H2,1-2H3. The van der Waals surface area contributed by atoms with Crippen LogP contribution in [0, 0.1) is 0 Å². The van der Waals surface area contributed by atoms with Gasteiger partial charge in [0.05, 0.1) is 6.54 Å². The number of hydrogen-bond donors (Lipinski definition) is 0. The van der Waals surface area contributed by atoms with E-state index in [0.717, 1.165) is 30.2 Å². The monoisotopic (exact) mass is 279 g/mol. The van der Waals surface area contributed by atoms with Gasteiger partial charge in [-0.2, -0.15) is 4.98 Å². The van der Waals surface area contributed by atoms with Crippen LogP contribution < -0.4 is 0 Å². The third kappa shape index (κ3) is 4.33. The van der Waals surface area contributed by atoms with Crippen LogP contribution in [0.5, 0.6) is 0 Å². The van der Waals surface area contributed by atoms with Gasteiger partial charge in [0.2, 0.25) is 5.89 Å². The highest BCUT2D eigenvalue weighted by molar-refractivity contribution is 6.30. The van der Waals surface area contributed by atoms with Gasteiger partial charge >= 0.3 is 0 Å². The summed E-state index contributed by atoms with van der Waals surface area (Å²) in [4.78, 5) is 6.47. The molecule has 19 heavy (non-hydrogen) atoms. The minimum atomic E-state index is 0.642. The SMILES string of the molecule is CCCc1noc(CN(C)Cc2cccc(Cl)c2)n1. The molecule has 5 heteroatoms. The van der Waals surface area contributed by atoms with Crippen LogP contribution in [0.4, 0.5) is 0 Å². The maximum Gasteiger partial charge on any atom is 0.240 e. The highest BCUT2D eigenvalue weighted by Crippen LogP contribution is 2.13. The molecule has 0 spiro atoms. The average molecular weight is 280 g/mol. The lowest BCUT2D eigenvalue weighted by molar-refractivity contribution is 0.260. The summed E-state index contributed by atoms with van der Waals surface area (Å²) < 4.78 is 5.22. The average Bonchev–Trinajstić information content (AvgIpc) is 2.77. The summed E-state index contributed by atoms with van der Waals surface area (Å²) in [6.07, 6.45) is 1.89. The van der Waals surface area contributed by atoms with Gasteiger partial charge in [0.25, 0.3) is 0 Å². The summed E-state index contributed by atoms with van der Waals surface area (Å²) in [6.45, 7) is 3.54. The topological polar surface area (TPSA) is 42.2 Å². The van der Waals surface area contributed by atoms with E-state index < -0.39 is 0 Å². The van der Waals surface area contributed by atoms with E-state index in [4.69, 9.17) is 16.1 Å². The van der Waals surface area contributed by atoms with E-state index in [-0.39, 0.29) is 0 Å². The van der Waals surface area contributed by atoms with E-state index in [1.807, 2.05) is 25.2 Å². The van der Waals surface area contributed by atoms with Crippen LogP contribution in [0.3, 0.4) is 0 Å². The number of rotatable bonds is 6. The maximum absolute atomic E-state index is 5.97. The van der Waals surface area contributed by atoms with Gasteiger partial charge < -0.3 is 4.52 Å². The second-order valence-electron chi connectivity index (χ2n) is 4.66. The van der Waals surface area contributed by atoms with Gasteiger partial charge in [-0.05, 0) is 31.2 Å². The van der Waals surface area contributed by atoms with Crippen LogP contribution in [-0.4, -0.2) is 22.1 Å². The zero-order valence-electron chi connectivity index (χ0n) is 11.3. The number of aromatic nitrogens is 2. The summed E-state index contributed by atoms with van der Waals surface area (Å²) in [5.74, 6) is 1.45. The van der Waals surface area contributed by atoms with Crippen molar-refractivity contribution in [2.24, 2.45) is 0 Å². The van der Waals surface area contributed by atoms with Crippen LogP contribution in [0.15, 0.2) is 28.8 Å². The Kier molecular flexibility index (Phi) is 4.93. The molecular formula is C14H18ClN3O. The number of nitrogens with zero attached hydrogens (tertiary/aromatic N) is 3. The van der Waals surface area contributed by atoms with Gasteiger partial charge in [0, 0.05) is 18.0 Å². The molecular weight excluding hydrogens is 262 g/mol. The fourth-order valence-electron chi connectivity index (χ4n) is 1.91. The van der Waals surface area contributed by atoms with E-state index in [0.29, 0.717) is 12.4 Å². The minimum Gasteiger partial charge on any atom is -0.338 e. The molecule has 0 aliphatic rings. The molecule has 1 aromatic carbocycles. The molecule has 0 bridgehead atoms. The Hall–Kier alpha value is -1.39. The Morgan fingerprint density at radius 1 is 1.32 bits per heavy atom. The van der Waals surface area contributed by atoms with Gasteiger partial charge in [-0.3, -0.25) is 4.90 Å². The number of benzene rings is 1. The number of hydrogen-bond acceptors (Lipinski definition) is 4. The molecule has 1 heterocycles. The van der Waals surface area contributed by atoms with Crippen LogP contribution >= 0.6 is 11.6 Å². The second kappa shape index (κ2) is 6.68. The smallest absolute Gasteiger partial charge is 0.240 e. The third-order valence-corrected chi connectivity index (χ3v) is 2.97. The predicted octanol–water partition coefficient (Wildman–Crippen LogP) is 3.31. The van der Waals surface area contributed by atoms with Crippen molar-refractivity contribution in [1.29, 1.82) is 0 Å². The van der Waals surface area contributed by atoms with E-state index in [1.165, 1.54) is 5.56 Å². The molecule has 102 valence electrons. The van der Waals surface area contributed by atoms with Gasteiger partial charge in [-0.25, -0.2) is 0 Å². The Balaban J connectivity index is 1.91. The lowest BCUT2D eigenvalue weighted by Crippen LogP contribution is -2.17.